The van der Waals surface area contributed by atoms with Crippen LogP contribution in [-0.2, 0) is 11.3 Å². The van der Waals surface area contributed by atoms with Crippen molar-refractivity contribution in [1.82, 2.24) is 19.8 Å². The summed E-state index contributed by atoms with van der Waals surface area (Å²) in [5, 5.41) is 3.78. The molecule has 1 N–H and O–H groups in total. The van der Waals surface area contributed by atoms with Gasteiger partial charge in [0.25, 0.3) is 5.56 Å². The maximum absolute atomic E-state index is 12.6. The molecule has 1 aliphatic rings. The Morgan fingerprint density at radius 3 is 2.96 bits per heavy atom. The number of carbonyl (C=O) groups is 1. The zero-order valence-corrected chi connectivity index (χ0v) is 14.8. The molecule has 0 spiro atoms. The first kappa shape index (κ1) is 18.4. The van der Waals surface area contributed by atoms with E-state index in [1.807, 2.05) is 31.0 Å². The first-order valence-electron chi connectivity index (χ1n) is 8.00. The molecule has 1 aliphatic heterocycles. The monoisotopic (exact) mass is 350 g/mol. The first-order valence-corrected chi connectivity index (χ1v) is 8.00. The van der Waals surface area contributed by atoms with E-state index in [9.17, 15) is 9.59 Å². The Balaban J connectivity index is 0.00000208. The summed E-state index contributed by atoms with van der Waals surface area (Å²) in [5.74, 6) is -0.0270. The second kappa shape index (κ2) is 7.77. The minimum Gasteiger partial charge on any atom is -0.340 e. The zero-order valence-electron chi connectivity index (χ0n) is 14.0. The summed E-state index contributed by atoms with van der Waals surface area (Å²) in [4.78, 5) is 31.2. The number of aryl methyl sites for hydroxylation is 1. The van der Waals surface area contributed by atoms with Crippen molar-refractivity contribution in [3.63, 3.8) is 0 Å². The highest BCUT2D eigenvalue weighted by Gasteiger charge is 2.23. The summed E-state index contributed by atoms with van der Waals surface area (Å²) >= 11 is 0. The van der Waals surface area contributed by atoms with Gasteiger partial charge in [-0.15, -0.1) is 12.4 Å². The highest BCUT2D eigenvalue weighted by molar-refractivity contribution is 5.85. The number of piperidine rings is 1. The van der Waals surface area contributed by atoms with E-state index in [0.717, 1.165) is 24.9 Å². The molecule has 2 heterocycles. The lowest BCUT2D eigenvalue weighted by atomic mass is 10.1. The van der Waals surface area contributed by atoms with E-state index < -0.39 is 0 Å². The minimum atomic E-state index is -0.158. The van der Waals surface area contributed by atoms with Gasteiger partial charge in [0.15, 0.2) is 0 Å². The Kier molecular flexibility index (Phi) is 5.96. The van der Waals surface area contributed by atoms with Crippen molar-refractivity contribution in [3.8, 4) is 0 Å². The van der Waals surface area contributed by atoms with Gasteiger partial charge in [0.2, 0.25) is 5.91 Å². The molecule has 24 heavy (non-hydrogen) atoms. The van der Waals surface area contributed by atoms with Crippen LogP contribution in [-0.4, -0.2) is 46.5 Å². The highest BCUT2D eigenvalue weighted by Crippen LogP contribution is 2.12. The van der Waals surface area contributed by atoms with Crippen LogP contribution < -0.4 is 10.9 Å². The molecule has 7 heteroatoms. The molecular weight excluding hydrogens is 328 g/mol. The molecule has 0 bridgehead atoms. The second-order valence-electron chi connectivity index (χ2n) is 6.12. The molecule has 0 radical (unpaired) electrons. The number of hydrogen-bond acceptors (Lipinski definition) is 4. The van der Waals surface area contributed by atoms with Crippen LogP contribution in [0.3, 0.4) is 0 Å². The molecule has 1 atom stereocenters. The van der Waals surface area contributed by atoms with E-state index >= 15 is 0 Å². The van der Waals surface area contributed by atoms with Crippen molar-refractivity contribution < 1.29 is 4.79 Å². The SMILES string of the molecule is CNC1CCCN(C(=O)Cn2cnc3c(C)cccc3c2=O)C1.Cl. The van der Waals surface area contributed by atoms with E-state index in [0.29, 0.717) is 23.5 Å². The predicted molar refractivity (Wildman–Crippen MR) is 96.6 cm³/mol. The highest BCUT2D eigenvalue weighted by atomic mass is 35.5. The summed E-state index contributed by atoms with van der Waals surface area (Å²) in [6.45, 7) is 3.43. The van der Waals surface area contributed by atoms with Crippen LogP contribution in [0.4, 0.5) is 0 Å². The van der Waals surface area contributed by atoms with Gasteiger partial charge in [-0.3, -0.25) is 14.2 Å². The van der Waals surface area contributed by atoms with Gasteiger partial charge in [-0.05, 0) is 38.4 Å². The van der Waals surface area contributed by atoms with E-state index in [1.165, 1.54) is 10.9 Å². The van der Waals surface area contributed by atoms with Gasteiger partial charge in [0.1, 0.15) is 6.54 Å². The molecule has 1 aromatic carbocycles. The first-order chi connectivity index (χ1) is 11.1. The van der Waals surface area contributed by atoms with Gasteiger partial charge < -0.3 is 10.2 Å². The second-order valence-corrected chi connectivity index (χ2v) is 6.12. The summed E-state index contributed by atoms with van der Waals surface area (Å²) in [6, 6.07) is 5.86. The van der Waals surface area contributed by atoms with Crippen LogP contribution in [0.1, 0.15) is 18.4 Å². The smallest absolute Gasteiger partial charge is 0.261 e. The number of fused-ring (bicyclic) bond motifs is 1. The van der Waals surface area contributed by atoms with Crippen molar-refractivity contribution in [2.75, 3.05) is 20.1 Å². The van der Waals surface area contributed by atoms with Crippen LogP contribution in [0.5, 0.6) is 0 Å². The van der Waals surface area contributed by atoms with E-state index in [-0.39, 0.29) is 30.4 Å². The van der Waals surface area contributed by atoms with Crippen molar-refractivity contribution in [1.29, 1.82) is 0 Å². The number of likely N-dealkylation sites (N-methyl/N-ethyl adjacent to an activating group) is 1. The fourth-order valence-corrected chi connectivity index (χ4v) is 3.14. The quantitative estimate of drug-likeness (QED) is 0.907. The molecule has 6 nitrogen and oxygen atoms in total. The number of likely N-dealkylation sites (tertiary alicyclic amines) is 1. The van der Waals surface area contributed by atoms with Gasteiger partial charge in [0, 0.05) is 19.1 Å². The predicted octanol–water partition coefficient (Wildman–Crippen LogP) is 1.34. The van der Waals surface area contributed by atoms with Crippen LogP contribution in [0, 0.1) is 6.92 Å². The molecule has 1 amide bonds. The summed E-state index contributed by atoms with van der Waals surface area (Å²) in [5.41, 5.74) is 1.51. The summed E-state index contributed by atoms with van der Waals surface area (Å²) in [7, 11) is 1.92. The lowest BCUT2D eigenvalue weighted by molar-refractivity contribution is -0.133. The van der Waals surface area contributed by atoms with Crippen LogP contribution in [0.15, 0.2) is 29.3 Å². The maximum atomic E-state index is 12.6. The van der Waals surface area contributed by atoms with E-state index in [4.69, 9.17) is 0 Å². The number of nitrogens with one attached hydrogen (secondary N) is 1. The molecule has 0 saturated carbocycles. The zero-order chi connectivity index (χ0) is 16.4. The van der Waals surface area contributed by atoms with Crippen LogP contribution in [0.2, 0.25) is 0 Å². The molecule has 1 saturated heterocycles. The maximum Gasteiger partial charge on any atom is 0.261 e. The third-order valence-electron chi connectivity index (χ3n) is 4.54. The topological polar surface area (TPSA) is 67.2 Å². The number of halogens is 1. The summed E-state index contributed by atoms with van der Waals surface area (Å²) < 4.78 is 1.41. The fourth-order valence-electron chi connectivity index (χ4n) is 3.14. The molecule has 1 unspecified atom stereocenters. The molecule has 130 valence electrons. The Morgan fingerprint density at radius 2 is 2.21 bits per heavy atom. The van der Waals surface area contributed by atoms with Crippen molar-refractivity contribution >= 4 is 29.2 Å². The number of carbonyl (C=O) groups excluding carboxylic acids is 1. The molecule has 0 aliphatic carbocycles. The van der Waals surface area contributed by atoms with Gasteiger partial charge in [0.05, 0.1) is 17.2 Å². The Morgan fingerprint density at radius 1 is 1.42 bits per heavy atom. The third-order valence-corrected chi connectivity index (χ3v) is 4.54. The minimum absolute atomic E-state index is 0. The number of para-hydroxylation sites is 1. The van der Waals surface area contributed by atoms with Gasteiger partial charge in [-0.2, -0.15) is 0 Å². The molecular formula is C17H23ClN4O2. The van der Waals surface area contributed by atoms with Crippen molar-refractivity contribution in [3.05, 3.63) is 40.4 Å². The summed E-state index contributed by atoms with van der Waals surface area (Å²) in [6.07, 6.45) is 3.55. The fraction of sp³-hybridized carbons (Fsp3) is 0.471. The lowest BCUT2D eigenvalue weighted by Gasteiger charge is -2.32. The van der Waals surface area contributed by atoms with E-state index in [1.54, 1.807) is 6.07 Å². The number of aromatic nitrogens is 2. The number of amides is 1. The lowest BCUT2D eigenvalue weighted by Crippen LogP contribution is -2.48. The third kappa shape index (κ3) is 3.60. The number of benzene rings is 1. The molecule has 3 rings (SSSR count). The van der Waals surface area contributed by atoms with Gasteiger partial charge in [-0.25, -0.2) is 4.98 Å². The average molecular weight is 351 g/mol. The van der Waals surface area contributed by atoms with Crippen molar-refractivity contribution in [2.45, 2.75) is 32.4 Å². The number of hydrogen-bond donors (Lipinski definition) is 1. The molecule has 2 aromatic rings. The number of rotatable bonds is 3. The molecule has 1 fully saturated rings. The van der Waals surface area contributed by atoms with Crippen LogP contribution in [0.25, 0.3) is 10.9 Å². The van der Waals surface area contributed by atoms with E-state index in [2.05, 4.69) is 10.3 Å². The Labute approximate surface area is 147 Å². The normalized spacial score (nSPS) is 17.6. The van der Waals surface area contributed by atoms with Gasteiger partial charge in [-0.1, -0.05) is 12.1 Å². The van der Waals surface area contributed by atoms with Crippen molar-refractivity contribution in [2.24, 2.45) is 0 Å². The van der Waals surface area contributed by atoms with Gasteiger partial charge >= 0.3 is 0 Å². The Bertz CT molecular complexity index is 790. The number of nitrogens with zero attached hydrogens (tertiary/aromatic N) is 3. The standard InChI is InChI=1S/C17H22N4O2.ClH/c1-12-5-3-7-14-16(12)19-11-21(17(14)23)10-15(22)20-8-4-6-13(9-20)18-2;/h3,5,7,11,13,18H,4,6,8-10H2,1-2H3;1H. The molecule has 1 aromatic heterocycles. The average Bonchev–Trinajstić information content (AvgIpc) is 2.58. The largest absolute Gasteiger partial charge is 0.340 e. The van der Waals surface area contributed by atoms with Crippen LogP contribution >= 0.6 is 12.4 Å². The Hall–Kier alpha value is -1.92.